The van der Waals surface area contributed by atoms with Crippen LogP contribution in [-0.2, 0) is 4.74 Å². The van der Waals surface area contributed by atoms with E-state index in [1.54, 1.807) is 26.2 Å². The third-order valence-corrected chi connectivity index (χ3v) is 2.07. The summed E-state index contributed by atoms with van der Waals surface area (Å²) >= 11 is 5.65. The molecule has 1 rings (SSSR count). The van der Waals surface area contributed by atoms with Gasteiger partial charge in [0, 0.05) is 5.38 Å². The Bertz CT molecular complexity index is 414. The Labute approximate surface area is 97.0 Å². The van der Waals surface area contributed by atoms with Gasteiger partial charge in [0.2, 0.25) is 5.13 Å². The molecule has 15 heavy (non-hydrogen) atoms. The highest BCUT2D eigenvalue weighted by Gasteiger charge is 2.19. The Hall–Kier alpha value is -1.10. The molecule has 0 radical (unpaired) electrons. The lowest BCUT2D eigenvalue weighted by Gasteiger charge is -2.18. The second kappa shape index (κ2) is 4.61. The zero-order valence-electron chi connectivity index (χ0n) is 8.60. The number of hydrogen-bond donors (Lipinski definition) is 0. The SMILES string of the molecule is CC(C)(C)OC(=O)c1csc(N=C=S)n1. The molecule has 6 heteroatoms. The van der Waals surface area contributed by atoms with Gasteiger partial charge in [-0.2, -0.15) is 4.99 Å². The van der Waals surface area contributed by atoms with E-state index in [9.17, 15) is 4.79 Å². The Morgan fingerprint density at radius 1 is 1.67 bits per heavy atom. The molecule has 0 spiro atoms. The molecular formula is C9H10N2O2S2. The van der Waals surface area contributed by atoms with E-state index < -0.39 is 11.6 Å². The number of isothiocyanates is 1. The molecule has 0 fully saturated rings. The van der Waals surface area contributed by atoms with Gasteiger partial charge in [0.05, 0.1) is 5.16 Å². The van der Waals surface area contributed by atoms with Crippen molar-refractivity contribution in [2.75, 3.05) is 0 Å². The normalized spacial score (nSPS) is 10.6. The largest absolute Gasteiger partial charge is 0.455 e. The number of aromatic nitrogens is 1. The van der Waals surface area contributed by atoms with E-state index in [1.807, 2.05) is 0 Å². The van der Waals surface area contributed by atoms with E-state index in [0.717, 1.165) is 0 Å². The van der Waals surface area contributed by atoms with Gasteiger partial charge in [0.25, 0.3) is 0 Å². The number of nitrogens with zero attached hydrogens (tertiary/aromatic N) is 2. The number of aliphatic imine (C=N–C) groups is 1. The summed E-state index contributed by atoms with van der Waals surface area (Å²) in [4.78, 5) is 19.1. The average Bonchev–Trinajstić information content (AvgIpc) is 2.50. The third-order valence-electron chi connectivity index (χ3n) is 1.24. The maximum atomic E-state index is 11.5. The maximum Gasteiger partial charge on any atom is 0.358 e. The number of thiocarbonyl (C=S) groups is 1. The Balaban J connectivity index is 2.79. The van der Waals surface area contributed by atoms with Crippen molar-refractivity contribution in [2.45, 2.75) is 26.4 Å². The van der Waals surface area contributed by atoms with Crippen LogP contribution in [0, 0.1) is 0 Å². The number of carbonyl (C=O) groups excluding carboxylic acids is 1. The number of hydrogen-bond acceptors (Lipinski definition) is 6. The van der Waals surface area contributed by atoms with Crippen molar-refractivity contribution >= 4 is 39.8 Å². The van der Waals surface area contributed by atoms with Crippen LogP contribution in [0.4, 0.5) is 5.13 Å². The topological polar surface area (TPSA) is 51.5 Å². The molecule has 1 heterocycles. The lowest BCUT2D eigenvalue weighted by atomic mass is 10.2. The molecule has 0 saturated heterocycles. The standard InChI is InChI=1S/C9H10N2O2S2/c1-9(2,3)13-7(12)6-4-15-8(11-6)10-5-14/h4H,1-3H3. The van der Waals surface area contributed by atoms with Crippen LogP contribution in [-0.4, -0.2) is 21.7 Å². The quantitative estimate of drug-likeness (QED) is 0.454. The molecule has 1 aromatic rings. The van der Waals surface area contributed by atoms with Gasteiger partial charge >= 0.3 is 5.97 Å². The third kappa shape index (κ3) is 3.87. The highest BCUT2D eigenvalue weighted by molar-refractivity contribution is 7.78. The molecule has 0 aliphatic heterocycles. The van der Waals surface area contributed by atoms with E-state index >= 15 is 0 Å². The highest BCUT2D eigenvalue weighted by Crippen LogP contribution is 2.20. The van der Waals surface area contributed by atoms with Gasteiger partial charge in [-0.05, 0) is 33.0 Å². The van der Waals surface area contributed by atoms with E-state index in [2.05, 4.69) is 27.4 Å². The minimum absolute atomic E-state index is 0.249. The van der Waals surface area contributed by atoms with Crippen molar-refractivity contribution in [3.05, 3.63) is 11.1 Å². The van der Waals surface area contributed by atoms with Gasteiger partial charge in [0.15, 0.2) is 5.69 Å². The fraction of sp³-hybridized carbons (Fsp3) is 0.444. The van der Waals surface area contributed by atoms with Crippen LogP contribution in [0.25, 0.3) is 0 Å². The molecule has 0 saturated carbocycles. The van der Waals surface area contributed by atoms with Crippen LogP contribution >= 0.6 is 23.6 Å². The predicted octanol–water partition coefficient (Wildman–Crippen LogP) is 2.83. The first-order chi connectivity index (χ1) is 6.92. The Kier molecular flexibility index (Phi) is 3.68. The second-order valence-electron chi connectivity index (χ2n) is 3.72. The summed E-state index contributed by atoms with van der Waals surface area (Å²) in [6.45, 7) is 5.40. The maximum absolute atomic E-state index is 11.5. The van der Waals surface area contributed by atoms with Crippen molar-refractivity contribution in [1.82, 2.24) is 4.98 Å². The minimum Gasteiger partial charge on any atom is -0.455 e. The van der Waals surface area contributed by atoms with Crippen LogP contribution in [0.2, 0.25) is 0 Å². The summed E-state index contributed by atoms with van der Waals surface area (Å²) < 4.78 is 5.13. The van der Waals surface area contributed by atoms with Gasteiger partial charge in [-0.3, -0.25) is 0 Å². The number of esters is 1. The zero-order valence-corrected chi connectivity index (χ0v) is 10.2. The first kappa shape index (κ1) is 12.0. The molecule has 80 valence electrons. The van der Waals surface area contributed by atoms with E-state index in [1.165, 1.54) is 11.3 Å². The second-order valence-corrected chi connectivity index (χ2v) is 4.74. The Morgan fingerprint density at radius 2 is 2.33 bits per heavy atom. The van der Waals surface area contributed by atoms with Crippen LogP contribution in [0.5, 0.6) is 0 Å². The van der Waals surface area contributed by atoms with Crippen molar-refractivity contribution in [3.63, 3.8) is 0 Å². The smallest absolute Gasteiger partial charge is 0.358 e. The van der Waals surface area contributed by atoms with Crippen molar-refractivity contribution in [1.29, 1.82) is 0 Å². The summed E-state index contributed by atoms with van der Waals surface area (Å²) in [6.07, 6.45) is 0. The molecule has 0 amide bonds. The Morgan fingerprint density at radius 3 is 2.87 bits per heavy atom. The molecule has 0 unspecified atom stereocenters. The van der Waals surface area contributed by atoms with Crippen LogP contribution in [0.3, 0.4) is 0 Å². The van der Waals surface area contributed by atoms with Gasteiger partial charge in [-0.25, -0.2) is 9.78 Å². The predicted molar refractivity (Wildman–Crippen MR) is 62.0 cm³/mol. The molecule has 4 nitrogen and oxygen atoms in total. The van der Waals surface area contributed by atoms with Gasteiger partial charge in [-0.1, -0.05) is 0 Å². The van der Waals surface area contributed by atoms with Gasteiger partial charge < -0.3 is 4.74 Å². The summed E-state index contributed by atoms with van der Waals surface area (Å²) in [5.74, 6) is -0.454. The number of rotatable bonds is 2. The number of ether oxygens (including phenoxy) is 1. The van der Waals surface area contributed by atoms with Crippen LogP contribution in [0.15, 0.2) is 10.4 Å². The molecule has 0 aliphatic rings. The molecule has 0 bridgehead atoms. The number of carbonyl (C=O) groups is 1. The van der Waals surface area contributed by atoms with Crippen molar-refractivity contribution in [2.24, 2.45) is 4.99 Å². The average molecular weight is 242 g/mol. The van der Waals surface area contributed by atoms with Crippen LogP contribution < -0.4 is 0 Å². The fourth-order valence-corrected chi connectivity index (χ4v) is 1.54. The summed E-state index contributed by atoms with van der Waals surface area (Å²) in [5, 5.41) is 4.18. The van der Waals surface area contributed by atoms with Crippen molar-refractivity contribution in [3.8, 4) is 0 Å². The van der Waals surface area contributed by atoms with E-state index in [-0.39, 0.29) is 5.69 Å². The van der Waals surface area contributed by atoms with E-state index in [0.29, 0.717) is 5.13 Å². The monoisotopic (exact) mass is 242 g/mol. The number of thiazole rings is 1. The summed E-state index contributed by atoms with van der Waals surface area (Å²) in [6, 6.07) is 0. The molecule has 0 N–H and O–H groups in total. The van der Waals surface area contributed by atoms with Crippen molar-refractivity contribution < 1.29 is 9.53 Å². The summed E-state index contributed by atoms with van der Waals surface area (Å²) in [7, 11) is 0. The molecular weight excluding hydrogens is 232 g/mol. The van der Waals surface area contributed by atoms with E-state index in [4.69, 9.17) is 4.74 Å². The molecule has 1 aromatic heterocycles. The van der Waals surface area contributed by atoms with Gasteiger partial charge in [0.1, 0.15) is 5.60 Å². The minimum atomic E-state index is -0.520. The fourth-order valence-electron chi connectivity index (χ4n) is 0.779. The lowest BCUT2D eigenvalue weighted by molar-refractivity contribution is 0.00638. The van der Waals surface area contributed by atoms with Crippen LogP contribution in [0.1, 0.15) is 31.3 Å². The molecule has 0 aromatic carbocycles. The zero-order chi connectivity index (χ0) is 11.5. The molecule has 0 atom stereocenters. The lowest BCUT2D eigenvalue weighted by Crippen LogP contribution is -2.24. The van der Waals surface area contributed by atoms with Gasteiger partial charge in [-0.15, -0.1) is 11.3 Å². The highest BCUT2D eigenvalue weighted by atomic mass is 32.1. The first-order valence-corrected chi connectivity index (χ1v) is 5.48. The summed E-state index contributed by atoms with van der Waals surface area (Å²) in [5.41, 5.74) is -0.271. The first-order valence-electron chi connectivity index (χ1n) is 4.19. The molecule has 0 aliphatic carbocycles.